The molecule has 0 aromatic carbocycles. The number of nitrogens with one attached hydrogen (secondary N) is 2. The Hall–Kier alpha value is -3.17. The number of nitrogens with zero attached hydrogens (tertiary/aromatic N) is 4. The van der Waals surface area contributed by atoms with E-state index in [9.17, 15) is 17.6 Å². The van der Waals surface area contributed by atoms with Gasteiger partial charge in [0.1, 0.15) is 11.7 Å². The number of alkyl halides is 3. The molecular weight excluding hydrogens is 352 g/mol. The van der Waals surface area contributed by atoms with E-state index < -0.39 is 18.0 Å². The van der Waals surface area contributed by atoms with E-state index in [0.717, 1.165) is 6.92 Å². The molecule has 10 heteroatoms. The van der Waals surface area contributed by atoms with Crippen LogP contribution in [-0.4, -0.2) is 36.6 Å². The van der Waals surface area contributed by atoms with Crippen molar-refractivity contribution < 1.29 is 17.6 Å². The van der Waals surface area contributed by atoms with Crippen molar-refractivity contribution in [3.8, 4) is 11.1 Å². The predicted octanol–water partition coefficient (Wildman–Crippen LogP) is 3.77. The zero-order valence-electron chi connectivity index (χ0n) is 13.3. The Bertz CT molecular complexity index is 1100. The van der Waals surface area contributed by atoms with Crippen molar-refractivity contribution >= 4 is 22.6 Å². The Labute approximate surface area is 143 Å². The van der Waals surface area contributed by atoms with E-state index in [-0.39, 0.29) is 11.6 Å². The molecule has 1 unspecified atom stereocenters. The molecule has 0 fully saturated rings. The Morgan fingerprint density at radius 1 is 1.27 bits per heavy atom. The van der Waals surface area contributed by atoms with Gasteiger partial charge in [0, 0.05) is 47.5 Å². The summed E-state index contributed by atoms with van der Waals surface area (Å²) in [7, 11) is 0. The van der Waals surface area contributed by atoms with Gasteiger partial charge in [-0.1, -0.05) is 0 Å². The molecule has 0 spiro atoms. The van der Waals surface area contributed by atoms with Crippen molar-refractivity contribution in [2.45, 2.75) is 19.1 Å². The van der Waals surface area contributed by atoms with Crippen LogP contribution >= 0.6 is 0 Å². The molecule has 2 N–H and O–H groups in total. The van der Waals surface area contributed by atoms with Crippen LogP contribution in [0.2, 0.25) is 0 Å². The van der Waals surface area contributed by atoms with Gasteiger partial charge >= 0.3 is 6.18 Å². The highest BCUT2D eigenvalue weighted by Crippen LogP contribution is 2.29. The fourth-order valence-electron chi connectivity index (χ4n) is 2.63. The lowest BCUT2D eigenvalue weighted by molar-refractivity contribution is -0.138. The fourth-order valence-corrected chi connectivity index (χ4v) is 2.63. The van der Waals surface area contributed by atoms with Crippen molar-refractivity contribution in [1.29, 1.82) is 0 Å². The van der Waals surface area contributed by atoms with Crippen LogP contribution in [0.5, 0.6) is 0 Å². The third-order valence-electron chi connectivity index (χ3n) is 4.02. The second-order valence-corrected chi connectivity index (χ2v) is 5.80. The standard InChI is InChI=1S/C16H12F4N6/c1-8(16(18,19)20)24-15-23-6-11-10(5-22-13(11)25-15)9-4-12(17)14-21-2-3-26(14)7-9/h2-8H,1H3,(H2,22,23,24,25). The molecule has 4 aromatic heterocycles. The molecule has 4 aromatic rings. The summed E-state index contributed by atoms with van der Waals surface area (Å²) >= 11 is 0. The smallest absolute Gasteiger partial charge is 0.345 e. The summed E-state index contributed by atoms with van der Waals surface area (Å²) < 4.78 is 53.6. The van der Waals surface area contributed by atoms with E-state index in [2.05, 4.69) is 25.3 Å². The van der Waals surface area contributed by atoms with E-state index in [0.29, 0.717) is 22.2 Å². The summed E-state index contributed by atoms with van der Waals surface area (Å²) in [6.07, 6.45) is 3.40. The number of imidazole rings is 1. The number of H-pyrrole nitrogens is 1. The van der Waals surface area contributed by atoms with E-state index in [4.69, 9.17) is 0 Å². The largest absolute Gasteiger partial charge is 0.408 e. The second-order valence-electron chi connectivity index (χ2n) is 5.80. The molecule has 0 aliphatic carbocycles. The van der Waals surface area contributed by atoms with Gasteiger partial charge in [0.25, 0.3) is 0 Å². The molecule has 0 aliphatic rings. The first-order chi connectivity index (χ1) is 12.3. The topological polar surface area (TPSA) is 70.9 Å². The van der Waals surface area contributed by atoms with Crippen LogP contribution in [0.3, 0.4) is 0 Å². The molecule has 0 saturated heterocycles. The number of hydrogen-bond acceptors (Lipinski definition) is 4. The number of hydrogen-bond donors (Lipinski definition) is 2. The number of halogens is 4. The van der Waals surface area contributed by atoms with Gasteiger partial charge in [-0.25, -0.2) is 14.4 Å². The van der Waals surface area contributed by atoms with Gasteiger partial charge in [-0.15, -0.1) is 0 Å². The average molecular weight is 364 g/mol. The average Bonchev–Trinajstić information content (AvgIpc) is 3.20. The highest BCUT2D eigenvalue weighted by atomic mass is 19.4. The summed E-state index contributed by atoms with van der Waals surface area (Å²) in [6.45, 7) is 0.983. The lowest BCUT2D eigenvalue weighted by atomic mass is 10.1. The van der Waals surface area contributed by atoms with Gasteiger partial charge < -0.3 is 14.7 Å². The molecule has 0 amide bonds. The van der Waals surface area contributed by atoms with Crippen molar-refractivity contribution in [1.82, 2.24) is 24.3 Å². The van der Waals surface area contributed by atoms with Gasteiger partial charge in [0.2, 0.25) is 5.95 Å². The van der Waals surface area contributed by atoms with E-state index in [1.54, 1.807) is 23.0 Å². The predicted molar refractivity (Wildman–Crippen MR) is 87.2 cm³/mol. The number of aromatic nitrogens is 5. The maximum Gasteiger partial charge on any atom is 0.408 e. The van der Waals surface area contributed by atoms with Crippen LogP contribution in [0.15, 0.2) is 37.1 Å². The summed E-state index contributed by atoms with van der Waals surface area (Å²) in [4.78, 5) is 14.8. The van der Waals surface area contributed by atoms with Crippen LogP contribution < -0.4 is 5.32 Å². The Morgan fingerprint density at radius 2 is 2.08 bits per heavy atom. The minimum absolute atomic E-state index is 0.146. The number of rotatable bonds is 3. The van der Waals surface area contributed by atoms with Crippen LogP contribution in [0, 0.1) is 5.82 Å². The molecular formula is C16H12F4N6. The number of pyridine rings is 1. The van der Waals surface area contributed by atoms with E-state index in [1.165, 1.54) is 18.5 Å². The SMILES string of the molecule is CC(Nc1ncc2c(-c3cc(F)c4nccn4c3)c[nH]c2n1)C(F)(F)F. The van der Waals surface area contributed by atoms with Crippen molar-refractivity contribution in [3.63, 3.8) is 0 Å². The Kier molecular flexibility index (Phi) is 3.56. The van der Waals surface area contributed by atoms with Crippen molar-refractivity contribution in [2.24, 2.45) is 0 Å². The van der Waals surface area contributed by atoms with E-state index in [1.807, 2.05) is 0 Å². The number of anilines is 1. The van der Waals surface area contributed by atoms with Gasteiger partial charge in [-0.3, -0.25) is 0 Å². The van der Waals surface area contributed by atoms with E-state index >= 15 is 0 Å². The summed E-state index contributed by atoms with van der Waals surface area (Å²) in [5, 5.41) is 2.78. The molecule has 6 nitrogen and oxygen atoms in total. The Balaban J connectivity index is 1.73. The summed E-state index contributed by atoms with van der Waals surface area (Å²) in [5.74, 6) is -0.632. The van der Waals surface area contributed by atoms with Gasteiger partial charge in [0.15, 0.2) is 11.5 Å². The minimum atomic E-state index is -4.41. The highest BCUT2D eigenvalue weighted by molar-refractivity contribution is 5.93. The molecule has 4 rings (SSSR count). The zero-order valence-corrected chi connectivity index (χ0v) is 13.3. The minimum Gasteiger partial charge on any atom is -0.345 e. The molecule has 1 atom stereocenters. The molecule has 0 radical (unpaired) electrons. The lowest BCUT2D eigenvalue weighted by Crippen LogP contribution is -2.33. The molecule has 0 saturated carbocycles. The normalized spacial score (nSPS) is 13.4. The highest BCUT2D eigenvalue weighted by Gasteiger charge is 2.36. The van der Waals surface area contributed by atoms with Crippen LogP contribution in [0.25, 0.3) is 27.8 Å². The molecule has 4 heterocycles. The van der Waals surface area contributed by atoms with Crippen LogP contribution in [0.4, 0.5) is 23.5 Å². The van der Waals surface area contributed by atoms with Crippen molar-refractivity contribution in [2.75, 3.05) is 5.32 Å². The first-order valence-electron chi connectivity index (χ1n) is 7.63. The van der Waals surface area contributed by atoms with Crippen LogP contribution in [-0.2, 0) is 0 Å². The molecule has 0 aliphatic heterocycles. The third kappa shape index (κ3) is 2.72. The molecule has 26 heavy (non-hydrogen) atoms. The number of aromatic amines is 1. The summed E-state index contributed by atoms with van der Waals surface area (Å²) in [6, 6.07) is -0.449. The quantitative estimate of drug-likeness (QED) is 0.543. The number of fused-ring (bicyclic) bond motifs is 2. The molecule has 0 bridgehead atoms. The van der Waals surface area contributed by atoms with Crippen LogP contribution in [0.1, 0.15) is 6.92 Å². The van der Waals surface area contributed by atoms with Crippen molar-refractivity contribution in [3.05, 3.63) is 42.9 Å². The maximum atomic E-state index is 14.1. The second kappa shape index (κ2) is 5.68. The first-order valence-corrected chi connectivity index (χ1v) is 7.63. The zero-order chi connectivity index (χ0) is 18.5. The first kappa shape index (κ1) is 16.3. The fraction of sp³-hybridized carbons (Fsp3) is 0.188. The Morgan fingerprint density at radius 3 is 2.85 bits per heavy atom. The monoisotopic (exact) mass is 364 g/mol. The van der Waals surface area contributed by atoms with Gasteiger partial charge in [-0.2, -0.15) is 18.2 Å². The summed E-state index contributed by atoms with van der Waals surface area (Å²) in [5.41, 5.74) is 1.74. The van der Waals surface area contributed by atoms with Gasteiger partial charge in [0.05, 0.1) is 0 Å². The maximum absolute atomic E-state index is 14.1. The lowest BCUT2D eigenvalue weighted by Gasteiger charge is -2.16. The third-order valence-corrected chi connectivity index (χ3v) is 4.02. The van der Waals surface area contributed by atoms with Gasteiger partial charge in [-0.05, 0) is 13.0 Å². The molecule has 134 valence electrons.